The Morgan fingerprint density at radius 2 is 2.00 bits per heavy atom. The van der Waals surface area contributed by atoms with Crippen molar-refractivity contribution in [2.24, 2.45) is 0 Å². The van der Waals surface area contributed by atoms with Crippen LogP contribution in [0.5, 0.6) is 0 Å². The summed E-state index contributed by atoms with van der Waals surface area (Å²) in [5.74, 6) is -0.213. The van der Waals surface area contributed by atoms with Gasteiger partial charge in [-0.3, -0.25) is 9.78 Å². The molecule has 0 spiro atoms. The highest BCUT2D eigenvalue weighted by molar-refractivity contribution is 5.92. The van der Waals surface area contributed by atoms with Gasteiger partial charge in [-0.05, 0) is 12.8 Å². The molecule has 0 aliphatic carbocycles. The van der Waals surface area contributed by atoms with Crippen molar-refractivity contribution in [2.75, 3.05) is 27.2 Å². The molecule has 0 atom stereocenters. The van der Waals surface area contributed by atoms with E-state index in [1.807, 2.05) is 0 Å². The molecule has 0 radical (unpaired) electrons. The van der Waals surface area contributed by atoms with Crippen molar-refractivity contribution in [3.05, 3.63) is 24.3 Å². The number of nitrogens with zero attached hydrogens (tertiary/aromatic N) is 4. The van der Waals surface area contributed by atoms with Gasteiger partial charge in [0.15, 0.2) is 0 Å². The molecular weight excluding hydrogens is 258 g/mol. The number of rotatable bonds is 2. The summed E-state index contributed by atoms with van der Waals surface area (Å²) in [5, 5.41) is 2.93. The van der Waals surface area contributed by atoms with Gasteiger partial charge in [0.05, 0.1) is 6.20 Å². The van der Waals surface area contributed by atoms with E-state index in [1.165, 1.54) is 18.6 Å². The zero-order valence-electron chi connectivity index (χ0n) is 11.7. The molecule has 20 heavy (non-hydrogen) atoms. The summed E-state index contributed by atoms with van der Waals surface area (Å²) in [6, 6.07) is 0.0967. The van der Waals surface area contributed by atoms with E-state index < -0.39 is 0 Å². The average molecular weight is 277 g/mol. The highest BCUT2D eigenvalue weighted by atomic mass is 16.2. The summed E-state index contributed by atoms with van der Waals surface area (Å²) in [7, 11) is 3.48. The van der Waals surface area contributed by atoms with E-state index in [0.717, 1.165) is 12.8 Å². The molecule has 7 heteroatoms. The molecule has 1 N–H and O–H groups in total. The highest BCUT2D eigenvalue weighted by Crippen LogP contribution is 2.12. The monoisotopic (exact) mass is 277 g/mol. The predicted molar refractivity (Wildman–Crippen MR) is 73.2 cm³/mol. The third-order valence-electron chi connectivity index (χ3n) is 3.28. The van der Waals surface area contributed by atoms with Crippen molar-refractivity contribution in [3.63, 3.8) is 0 Å². The maximum Gasteiger partial charge on any atom is 0.319 e. The van der Waals surface area contributed by atoms with E-state index in [4.69, 9.17) is 0 Å². The number of carbonyl (C=O) groups excluding carboxylic acids is 2. The first kappa shape index (κ1) is 14.2. The molecule has 7 nitrogen and oxygen atoms in total. The van der Waals surface area contributed by atoms with Crippen molar-refractivity contribution in [3.8, 4) is 0 Å². The normalized spacial score (nSPS) is 15.8. The first-order chi connectivity index (χ1) is 9.58. The SMILES string of the molecule is CN(C)C(=O)N1CCC(NC(=O)c2cnccn2)CC1. The topological polar surface area (TPSA) is 78.4 Å². The number of aromatic nitrogens is 2. The largest absolute Gasteiger partial charge is 0.348 e. The van der Waals surface area contributed by atoms with Gasteiger partial charge in [-0.15, -0.1) is 0 Å². The smallest absolute Gasteiger partial charge is 0.319 e. The lowest BCUT2D eigenvalue weighted by molar-refractivity contribution is 0.0908. The Labute approximate surface area is 118 Å². The lowest BCUT2D eigenvalue weighted by Gasteiger charge is -2.33. The minimum absolute atomic E-state index is 0.0173. The van der Waals surface area contributed by atoms with E-state index >= 15 is 0 Å². The van der Waals surface area contributed by atoms with Gasteiger partial charge in [-0.1, -0.05) is 0 Å². The van der Waals surface area contributed by atoms with Crippen LogP contribution in [0.25, 0.3) is 0 Å². The van der Waals surface area contributed by atoms with E-state index in [9.17, 15) is 9.59 Å². The third-order valence-corrected chi connectivity index (χ3v) is 3.28. The van der Waals surface area contributed by atoms with Crippen molar-refractivity contribution < 1.29 is 9.59 Å². The lowest BCUT2D eigenvalue weighted by atomic mass is 10.1. The fraction of sp³-hybridized carbons (Fsp3) is 0.538. The van der Waals surface area contributed by atoms with Gasteiger partial charge in [0.2, 0.25) is 0 Å². The van der Waals surface area contributed by atoms with E-state index in [-0.39, 0.29) is 18.0 Å². The zero-order valence-corrected chi connectivity index (χ0v) is 11.7. The van der Waals surface area contributed by atoms with Crippen LogP contribution in [0.1, 0.15) is 23.3 Å². The van der Waals surface area contributed by atoms with Crippen LogP contribution in [-0.2, 0) is 0 Å². The molecule has 2 rings (SSSR count). The summed E-state index contributed by atoms with van der Waals surface area (Å²) in [6.07, 6.45) is 5.98. The molecule has 0 aromatic carbocycles. The standard InChI is InChI=1S/C13H19N5O2/c1-17(2)13(20)18-7-3-10(4-8-18)16-12(19)11-9-14-5-6-15-11/h5-6,9-10H,3-4,7-8H2,1-2H3,(H,16,19). The van der Waals surface area contributed by atoms with Crippen molar-refractivity contribution >= 4 is 11.9 Å². The van der Waals surface area contributed by atoms with Gasteiger partial charge in [-0.25, -0.2) is 9.78 Å². The number of urea groups is 1. The number of hydrogen-bond donors (Lipinski definition) is 1. The van der Waals surface area contributed by atoms with Gasteiger partial charge in [0.25, 0.3) is 5.91 Å². The van der Waals surface area contributed by atoms with Gasteiger partial charge >= 0.3 is 6.03 Å². The molecule has 108 valence electrons. The molecule has 1 aromatic heterocycles. The number of carbonyl (C=O) groups is 2. The molecule has 1 saturated heterocycles. The summed E-state index contributed by atoms with van der Waals surface area (Å²) in [6.45, 7) is 1.31. The zero-order chi connectivity index (χ0) is 14.5. The highest BCUT2D eigenvalue weighted by Gasteiger charge is 2.25. The Bertz CT molecular complexity index is 469. The molecular formula is C13H19N5O2. The van der Waals surface area contributed by atoms with Crippen LogP contribution < -0.4 is 5.32 Å². The molecule has 3 amide bonds. The molecule has 2 heterocycles. The second-order valence-corrected chi connectivity index (χ2v) is 5.00. The second-order valence-electron chi connectivity index (χ2n) is 5.00. The minimum Gasteiger partial charge on any atom is -0.348 e. The molecule has 0 bridgehead atoms. The molecule has 1 fully saturated rings. The van der Waals surface area contributed by atoms with Crippen molar-refractivity contribution in [1.82, 2.24) is 25.1 Å². The lowest BCUT2D eigenvalue weighted by Crippen LogP contribution is -2.49. The molecule has 1 aliphatic heterocycles. The third kappa shape index (κ3) is 3.43. The Kier molecular flexibility index (Phi) is 4.49. The fourth-order valence-corrected chi connectivity index (χ4v) is 2.17. The predicted octanol–water partition coefficient (Wildman–Crippen LogP) is 0.352. The minimum atomic E-state index is -0.213. The Hall–Kier alpha value is -2.18. The number of likely N-dealkylation sites (tertiary alicyclic amines) is 1. The summed E-state index contributed by atoms with van der Waals surface area (Å²) < 4.78 is 0. The van der Waals surface area contributed by atoms with E-state index in [1.54, 1.807) is 23.9 Å². The summed E-state index contributed by atoms with van der Waals surface area (Å²) in [5.41, 5.74) is 0.319. The number of piperidine rings is 1. The van der Waals surface area contributed by atoms with Crippen LogP contribution in [0.15, 0.2) is 18.6 Å². The number of hydrogen-bond acceptors (Lipinski definition) is 4. The number of amides is 3. The van der Waals surface area contributed by atoms with Crippen molar-refractivity contribution in [1.29, 1.82) is 0 Å². The first-order valence-corrected chi connectivity index (χ1v) is 6.61. The van der Waals surface area contributed by atoms with Gasteiger partial charge in [-0.2, -0.15) is 0 Å². The Morgan fingerprint density at radius 3 is 2.55 bits per heavy atom. The van der Waals surface area contributed by atoms with Crippen LogP contribution in [0.4, 0.5) is 4.79 Å². The van der Waals surface area contributed by atoms with Crippen LogP contribution in [-0.4, -0.2) is 64.9 Å². The second kappa shape index (κ2) is 6.31. The molecule has 0 unspecified atom stereocenters. The maximum absolute atomic E-state index is 11.9. The van der Waals surface area contributed by atoms with Crippen molar-refractivity contribution in [2.45, 2.75) is 18.9 Å². The summed E-state index contributed by atoms with van der Waals surface area (Å²) >= 11 is 0. The first-order valence-electron chi connectivity index (χ1n) is 6.61. The van der Waals surface area contributed by atoms with Crippen LogP contribution in [0.3, 0.4) is 0 Å². The average Bonchev–Trinajstić information content (AvgIpc) is 2.48. The van der Waals surface area contributed by atoms with E-state index in [2.05, 4.69) is 15.3 Å². The molecule has 0 saturated carbocycles. The Balaban J connectivity index is 1.83. The fourth-order valence-electron chi connectivity index (χ4n) is 2.17. The summed E-state index contributed by atoms with van der Waals surface area (Å²) in [4.78, 5) is 34.9. The number of nitrogens with one attached hydrogen (secondary N) is 1. The van der Waals surface area contributed by atoms with Gasteiger partial charge in [0, 0.05) is 45.6 Å². The van der Waals surface area contributed by atoms with Crippen LogP contribution in [0.2, 0.25) is 0 Å². The van der Waals surface area contributed by atoms with Crippen LogP contribution in [0, 0.1) is 0 Å². The van der Waals surface area contributed by atoms with Crippen LogP contribution >= 0.6 is 0 Å². The van der Waals surface area contributed by atoms with Gasteiger partial charge < -0.3 is 15.1 Å². The molecule has 1 aliphatic rings. The maximum atomic E-state index is 11.9. The van der Waals surface area contributed by atoms with E-state index in [0.29, 0.717) is 18.8 Å². The molecule has 1 aromatic rings. The van der Waals surface area contributed by atoms with Gasteiger partial charge in [0.1, 0.15) is 5.69 Å². The quantitative estimate of drug-likeness (QED) is 0.846. The Morgan fingerprint density at radius 1 is 1.30 bits per heavy atom.